The summed E-state index contributed by atoms with van der Waals surface area (Å²) in [6.07, 6.45) is 1.33. The number of methoxy groups -OCH3 is 1. The molecule has 0 N–H and O–H groups in total. The van der Waals surface area contributed by atoms with E-state index in [4.69, 9.17) is 32.7 Å². The van der Waals surface area contributed by atoms with Crippen LogP contribution >= 0.6 is 23.2 Å². The lowest BCUT2D eigenvalue weighted by atomic mass is 10.3. The molecular formula is C12H10Cl2N2O2. The topological polar surface area (TPSA) is 44.2 Å². The Morgan fingerprint density at radius 2 is 1.78 bits per heavy atom. The van der Waals surface area contributed by atoms with Crippen molar-refractivity contribution in [2.75, 3.05) is 7.11 Å². The van der Waals surface area contributed by atoms with E-state index in [-0.39, 0.29) is 5.88 Å². The molecule has 0 atom stereocenters. The molecule has 2 aromatic rings. The number of hydrogen-bond acceptors (Lipinski definition) is 4. The van der Waals surface area contributed by atoms with Crippen molar-refractivity contribution in [1.29, 1.82) is 0 Å². The Hall–Kier alpha value is -1.52. The fraction of sp³-hybridized carbons (Fsp3) is 0.167. The molecule has 0 amide bonds. The van der Waals surface area contributed by atoms with Gasteiger partial charge < -0.3 is 9.47 Å². The highest BCUT2D eigenvalue weighted by Crippen LogP contribution is 2.28. The first-order valence-electron chi connectivity index (χ1n) is 5.12. The summed E-state index contributed by atoms with van der Waals surface area (Å²) in [6, 6.07) is 7.12. The van der Waals surface area contributed by atoms with Crippen LogP contribution in [0.4, 0.5) is 0 Å². The van der Waals surface area contributed by atoms with Gasteiger partial charge in [0.2, 0.25) is 5.88 Å². The third-order valence-electron chi connectivity index (χ3n) is 2.26. The predicted molar refractivity (Wildman–Crippen MR) is 69.7 cm³/mol. The maximum absolute atomic E-state index is 5.91. The Bertz CT molecular complexity index is 532. The summed E-state index contributed by atoms with van der Waals surface area (Å²) in [5.41, 5.74) is 0.566. The Morgan fingerprint density at radius 3 is 2.39 bits per heavy atom. The minimum atomic E-state index is 0.186. The second-order valence-corrected chi connectivity index (χ2v) is 3.98. The van der Waals surface area contributed by atoms with Gasteiger partial charge in [-0.1, -0.05) is 11.6 Å². The van der Waals surface area contributed by atoms with Gasteiger partial charge in [-0.2, -0.15) is 0 Å². The van der Waals surface area contributed by atoms with Crippen molar-refractivity contribution in [1.82, 2.24) is 9.97 Å². The van der Waals surface area contributed by atoms with Crippen LogP contribution < -0.4 is 9.47 Å². The Labute approximate surface area is 114 Å². The number of rotatable bonds is 4. The molecule has 6 heteroatoms. The summed E-state index contributed by atoms with van der Waals surface area (Å²) in [6.45, 7) is 0. The van der Waals surface area contributed by atoms with E-state index in [0.29, 0.717) is 22.3 Å². The highest BCUT2D eigenvalue weighted by atomic mass is 35.5. The molecule has 0 radical (unpaired) electrons. The van der Waals surface area contributed by atoms with Gasteiger partial charge in [-0.15, -0.1) is 11.6 Å². The lowest BCUT2D eigenvalue weighted by Crippen LogP contribution is -1.96. The van der Waals surface area contributed by atoms with E-state index in [1.807, 2.05) is 0 Å². The number of nitrogens with zero attached hydrogens (tertiary/aromatic N) is 2. The van der Waals surface area contributed by atoms with Crippen LogP contribution in [0.1, 0.15) is 5.56 Å². The lowest BCUT2D eigenvalue weighted by Gasteiger charge is -2.09. The molecule has 94 valence electrons. The molecule has 0 saturated heterocycles. The molecule has 0 fully saturated rings. The molecule has 4 nitrogen and oxygen atoms in total. The van der Waals surface area contributed by atoms with Crippen LogP contribution in [0.5, 0.6) is 17.4 Å². The Balaban J connectivity index is 2.25. The number of hydrogen-bond donors (Lipinski definition) is 0. The average molecular weight is 285 g/mol. The number of halogens is 2. The van der Waals surface area contributed by atoms with E-state index in [1.54, 1.807) is 31.4 Å². The van der Waals surface area contributed by atoms with Crippen molar-refractivity contribution in [3.05, 3.63) is 41.3 Å². The SMILES string of the molecule is COc1ccc(Oc2ncnc(Cl)c2CCl)cc1. The number of alkyl halides is 1. The van der Waals surface area contributed by atoms with Crippen molar-refractivity contribution in [3.63, 3.8) is 0 Å². The van der Waals surface area contributed by atoms with Gasteiger partial charge in [0.1, 0.15) is 23.0 Å². The minimum Gasteiger partial charge on any atom is -0.497 e. The third kappa shape index (κ3) is 2.83. The standard InChI is InChI=1S/C12H10Cl2N2O2/c1-17-8-2-4-9(5-3-8)18-12-10(6-13)11(14)15-7-16-12/h2-5,7H,6H2,1H3. The van der Waals surface area contributed by atoms with Crippen molar-refractivity contribution in [2.45, 2.75) is 5.88 Å². The number of benzene rings is 1. The largest absolute Gasteiger partial charge is 0.497 e. The number of ether oxygens (including phenoxy) is 2. The van der Waals surface area contributed by atoms with Gasteiger partial charge in [0.25, 0.3) is 0 Å². The molecule has 1 heterocycles. The molecule has 0 unspecified atom stereocenters. The van der Waals surface area contributed by atoms with E-state index < -0.39 is 0 Å². The quantitative estimate of drug-likeness (QED) is 0.635. The summed E-state index contributed by atoms with van der Waals surface area (Å²) in [4.78, 5) is 7.86. The molecule has 0 aliphatic carbocycles. The summed E-state index contributed by atoms with van der Waals surface area (Å²) in [5.74, 6) is 1.92. The first-order chi connectivity index (χ1) is 8.74. The van der Waals surface area contributed by atoms with Gasteiger partial charge in [0.05, 0.1) is 18.6 Å². The molecule has 0 saturated carbocycles. The van der Waals surface area contributed by atoms with Crippen LogP contribution in [-0.4, -0.2) is 17.1 Å². The van der Waals surface area contributed by atoms with Gasteiger partial charge >= 0.3 is 0 Å². The predicted octanol–water partition coefficient (Wildman–Crippen LogP) is 3.67. The molecule has 0 spiro atoms. The second-order valence-electron chi connectivity index (χ2n) is 3.36. The van der Waals surface area contributed by atoms with Crippen molar-refractivity contribution >= 4 is 23.2 Å². The molecule has 0 aliphatic rings. The monoisotopic (exact) mass is 284 g/mol. The maximum atomic E-state index is 5.91. The zero-order valence-electron chi connectivity index (χ0n) is 9.56. The van der Waals surface area contributed by atoms with Crippen LogP contribution in [0.2, 0.25) is 5.15 Å². The van der Waals surface area contributed by atoms with E-state index >= 15 is 0 Å². The van der Waals surface area contributed by atoms with Crippen LogP contribution in [0.15, 0.2) is 30.6 Å². The summed E-state index contributed by atoms with van der Waals surface area (Å²) in [7, 11) is 1.60. The fourth-order valence-electron chi connectivity index (χ4n) is 1.33. The van der Waals surface area contributed by atoms with Gasteiger partial charge in [0.15, 0.2) is 0 Å². The second kappa shape index (κ2) is 5.89. The number of aromatic nitrogens is 2. The molecule has 18 heavy (non-hydrogen) atoms. The van der Waals surface area contributed by atoms with Gasteiger partial charge in [-0.05, 0) is 24.3 Å². The maximum Gasteiger partial charge on any atom is 0.228 e. The first kappa shape index (κ1) is 12.9. The van der Waals surface area contributed by atoms with Gasteiger partial charge in [0, 0.05) is 0 Å². The first-order valence-corrected chi connectivity index (χ1v) is 6.03. The molecular weight excluding hydrogens is 275 g/mol. The Kier molecular flexibility index (Phi) is 4.23. The van der Waals surface area contributed by atoms with E-state index in [0.717, 1.165) is 5.75 Å². The van der Waals surface area contributed by atoms with Gasteiger partial charge in [-0.25, -0.2) is 9.97 Å². The van der Waals surface area contributed by atoms with E-state index in [9.17, 15) is 0 Å². The molecule has 1 aromatic heterocycles. The lowest BCUT2D eigenvalue weighted by molar-refractivity contribution is 0.412. The van der Waals surface area contributed by atoms with Crippen molar-refractivity contribution in [2.24, 2.45) is 0 Å². The van der Waals surface area contributed by atoms with Crippen molar-refractivity contribution < 1.29 is 9.47 Å². The van der Waals surface area contributed by atoms with Gasteiger partial charge in [-0.3, -0.25) is 0 Å². The molecule has 0 aliphatic heterocycles. The van der Waals surface area contributed by atoms with E-state index in [2.05, 4.69) is 9.97 Å². The summed E-state index contributed by atoms with van der Waals surface area (Å²) >= 11 is 11.7. The fourth-order valence-corrected chi connectivity index (χ4v) is 1.83. The highest BCUT2D eigenvalue weighted by molar-refractivity contribution is 6.31. The van der Waals surface area contributed by atoms with Crippen LogP contribution in [0.3, 0.4) is 0 Å². The zero-order valence-corrected chi connectivity index (χ0v) is 11.1. The summed E-state index contributed by atoms with van der Waals surface area (Å²) in [5, 5.41) is 0.295. The zero-order chi connectivity index (χ0) is 13.0. The van der Waals surface area contributed by atoms with Crippen LogP contribution in [0, 0.1) is 0 Å². The highest BCUT2D eigenvalue weighted by Gasteiger charge is 2.11. The van der Waals surface area contributed by atoms with Crippen molar-refractivity contribution in [3.8, 4) is 17.4 Å². The Morgan fingerprint density at radius 1 is 1.11 bits per heavy atom. The third-order valence-corrected chi connectivity index (χ3v) is 2.85. The van der Waals surface area contributed by atoms with Crippen LogP contribution in [-0.2, 0) is 5.88 Å². The van der Waals surface area contributed by atoms with Crippen LogP contribution in [0.25, 0.3) is 0 Å². The average Bonchev–Trinajstić information content (AvgIpc) is 2.40. The molecule has 1 aromatic carbocycles. The normalized spacial score (nSPS) is 10.2. The van der Waals surface area contributed by atoms with E-state index in [1.165, 1.54) is 6.33 Å². The minimum absolute atomic E-state index is 0.186. The smallest absolute Gasteiger partial charge is 0.228 e. The summed E-state index contributed by atoms with van der Waals surface area (Å²) < 4.78 is 10.7. The molecule has 0 bridgehead atoms. The molecule has 2 rings (SSSR count).